The van der Waals surface area contributed by atoms with Crippen molar-refractivity contribution >= 4 is 21.8 Å². The number of carbonyl (C=O) groups is 1. The SMILES string of the molecule is CN(Cc1ccc(Br)o1)C(=O)CNCC1CC1. The van der Waals surface area contributed by atoms with Gasteiger partial charge in [0.25, 0.3) is 0 Å². The van der Waals surface area contributed by atoms with E-state index in [4.69, 9.17) is 4.42 Å². The molecule has 17 heavy (non-hydrogen) atoms. The molecule has 1 fully saturated rings. The maximum absolute atomic E-state index is 11.8. The van der Waals surface area contributed by atoms with Crippen LogP contribution in [0.25, 0.3) is 0 Å². The first-order valence-electron chi connectivity index (χ1n) is 5.84. The minimum atomic E-state index is 0.0955. The molecule has 1 aliphatic rings. The van der Waals surface area contributed by atoms with Crippen LogP contribution in [0.3, 0.4) is 0 Å². The third-order valence-electron chi connectivity index (χ3n) is 2.85. The summed E-state index contributed by atoms with van der Waals surface area (Å²) in [6.45, 7) is 1.89. The maximum Gasteiger partial charge on any atom is 0.236 e. The molecule has 2 rings (SSSR count). The summed E-state index contributed by atoms with van der Waals surface area (Å²) in [5.74, 6) is 1.68. The number of nitrogens with zero attached hydrogens (tertiary/aromatic N) is 1. The molecule has 1 aromatic heterocycles. The highest BCUT2D eigenvalue weighted by molar-refractivity contribution is 9.10. The fraction of sp³-hybridized carbons (Fsp3) is 0.583. The lowest BCUT2D eigenvalue weighted by molar-refractivity contribution is -0.129. The molecular weight excluding hydrogens is 284 g/mol. The summed E-state index contributed by atoms with van der Waals surface area (Å²) in [5.41, 5.74) is 0. The number of hydrogen-bond donors (Lipinski definition) is 1. The standard InChI is InChI=1S/C12H17BrN2O2/c1-15(8-10-4-5-11(13)17-10)12(16)7-14-6-9-2-3-9/h4-5,9,14H,2-3,6-8H2,1H3. The number of hydrogen-bond acceptors (Lipinski definition) is 3. The number of carbonyl (C=O) groups excluding carboxylic acids is 1. The van der Waals surface area contributed by atoms with E-state index < -0.39 is 0 Å². The molecule has 5 heteroatoms. The number of furan rings is 1. The molecule has 0 atom stereocenters. The Morgan fingerprint density at radius 3 is 2.94 bits per heavy atom. The summed E-state index contributed by atoms with van der Waals surface area (Å²) >= 11 is 3.24. The van der Waals surface area contributed by atoms with E-state index in [-0.39, 0.29) is 5.91 Å². The van der Waals surface area contributed by atoms with Crippen molar-refractivity contribution in [3.05, 3.63) is 22.6 Å². The largest absolute Gasteiger partial charge is 0.452 e. The van der Waals surface area contributed by atoms with Crippen LogP contribution in [0.1, 0.15) is 18.6 Å². The first kappa shape index (κ1) is 12.6. The highest BCUT2D eigenvalue weighted by atomic mass is 79.9. The highest BCUT2D eigenvalue weighted by Crippen LogP contribution is 2.27. The smallest absolute Gasteiger partial charge is 0.236 e. The Balaban J connectivity index is 1.70. The third-order valence-corrected chi connectivity index (χ3v) is 3.28. The van der Waals surface area contributed by atoms with Gasteiger partial charge in [-0.05, 0) is 53.4 Å². The van der Waals surface area contributed by atoms with E-state index in [1.165, 1.54) is 12.8 Å². The maximum atomic E-state index is 11.8. The zero-order valence-corrected chi connectivity index (χ0v) is 11.5. The number of nitrogens with one attached hydrogen (secondary N) is 1. The molecule has 0 saturated heterocycles. The Bertz CT molecular complexity index is 388. The fourth-order valence-electron chi connectivity index (χ4n) is 1.60. The Kier molecular flexibility index (Phi) is 4.23. The van der Waals surface area contributed by atoms with E-state index in [1.54, 1.807) is 11.9 Å². The van der Waals surface area contributed by atoms with E-state index in [9.17, 15) is 4.79 Å². The molecule has 1 aromatic rings. The molecule has 1 heterocycles. The normalized spacial score (nSPS) is 14.9. The summed E-state index contributed by atoms with van der Waals surface area (Å²) in [6.07, 6.45) is 2.61. The topological polar surface area (TPSA) is 45.5 Å². The molecule has 1 saturated carbocycles. The summed E-state index contributed by atoms with van der Waals surface area (Å²) < 4.78 is 6.05. The zero-order chi connectivity index (χ0) is 12.3. The van der Waals surface area contributed by atoms with Gasteiger partial charge in [0.05, 0.1) is 13.1 Å². The first-order valence-corrected chi connectivity index (χ1v) is 6.63. The summed E-state index contributed by atoms with van der Waals surface area (Å²) in [5, 5.41) is 3.19. The minimum Gasteiger partial charge on any atom is -0.452 e. The second-order valence-electron chi connectivity index (χ2n) is 4.53. The van der Waals surface area contributed by atoms with Crippen LogP contribution in [0.2, 0.25) is 0 Å². The zero-order valence-electron chi connectivity index (χ0n) is 9.91. The second kappa shape index (κ2) is 5.69. The van der Waals surface area contributed by atoms with Crippen LogP contribution >= 0.6 is 15.9 Å². The number of halogens is 1. The number of amides is 1. The Morgan fingerprint density at radius 2 is 2.35 bits per heavy atom. The average molecular weight is 301 g/mol. The summed E-state index contributed by atoms with van der Waals surface area (Å²) in [7, 11) is 1.79. The molecule has 1 amide bonds. The lowest BCUT2D eigenvalue weighted by atomic mass is 10.4. The van der Waals surface area contributed by atoms with Gasteiger partial charge in [-0.25, -0.2) is 0 Å². The van der Waals surface area contributed by atoms with Gasteiger partial charge >= 0.3 is 0 Å². The molecule has 0 bridgehead atoms. The van der Waals surface area contributed by atoms with Crippen LogP contribution in [0.15, 0.2) is 21.2 Å². The van der Waals surface area contributed by atoms with Crippen LogP contribution in [-0.4, -0.2) is 30.9 Å². The molecule has 94 valence electrons. The highest BCUT2D eigenvalue weighted by Gasteiger charge is 2.21. The van der Waals surface area contributed by atoms with Crippen molar-refractivity contribution in [1.29, 1.82) is 0 Å². The van der Waals surface area contributed by atoms with Crippen LogP contribution in [0, 0.1) is 5.92 Å². The van der Waals surface area contributed by atoms with Crippen molar-refractivity contribution in [2.75, 3.05) is 20.1 Å². The predicted molar refractivity (Wildman–Crippen MR) is 68.5 cm³/mol. The molecule has 4 nitrogen and oxygen atoms in total. The van der Waals surface area contributed by atoms with Crippen LogP contribution in [-0.2, 0) is 11.3 Å². The molecule has 0 unspecified atom stereocenters. The van der Waals surface area contributed by atoms with Gasteiger partial charge in [-0.3, -0.25) is 4.79 Å². The third kappa shape index (κ3) is 4.16. The lowest BCUT2D eigenvalue weighted by Crippen LogP contribution is -2.35. The first-order chi connectivity index (χ1) is 8.15. The quantitative estimate of drug-likeness (QED) is 0.874. The van der Waals surface area contributed by atoms with E-state index in [0.717, 1.165) is 18.2 Å². The van der Waals surface area contributed by atoms with Crippen molar-refractivity contribution in [1.82, 2.24) is 10.2 Å². The lowest BCUT2D eigenvalue weighted by Gasteiger charge is -2.16. The number of rotatable bonds is 6. The van der Waals surface area contributed by atoms with Crippen molar-refractivity contribution < 1.29 is 9.21 Å². The molecule has 0 aliphatic heterocycles. The van der Waals surface area contributed by atoms with Crippen molar-refractivity contribution in [3.63, 3.8) is 0 Å². The van der Waals surface area contributed by atoms with E-state index >= 15 is 0 Å². The van der Waals surface area contributed by atoms with Crippen molar-refractivity contribution in [2.24, 2.45) is 5.92 Å². The van der Waals surface area contributed by atoms with Gasteiger partial charge in [-0.1, -0.05) is 0 Å². The van der Waals surface area contributed by atoms with Gasteiger partial charge in [-0.2, -0.15) is 0 Å². The number of likely N-dealkylation sites (N-methyl/N-ethyl adjacent to an activating group) is 1. The Labute approximate surface area is 109 Å². The summed E-state index contributed by atoms with van der Waals surface area (Å²) in [4.78, 5) is 13.4. The van der Waals surface area contributed by atoms with Gasteiger partial charge in [-0.15, -0.1) is 0 Å². The molecule has 0 aromatic carbocycles. The molecule has 0 radical (unpaired) electrons. The summed E-state index contributed by atoms with van der Waals surface area (Å²) in [6, 6.07) is 3.70. The van der Waals surface area contributed by atoms with E-state index in [1.807, 2.05) is 12.1 Å². The van der Waals surface area contributed by atoms with Gasteiger partial charge in [0, 0.05) is 7.05 Å². The molecular formula is C12H17BrN2O2. The van der Waals surface area contributed by atoms with E-state index in [2.05, 4.69) is 21.2 Å². The van der Waals surface area contributed by atoms with Crippen molar-refractivity contribution in [2.45, 2.75) is 19.4 Å². The van der Waals surface area contributed by atoms with Crippen LogP contribution < -0.4 is 5.32 Å². The average Bonchev–Trinajstić information content (AvgIpc) is 3.02. The van der Waals surface area contributed by atoms with Gasteiger partial charge in [0.1, 0.15) is 5.76 Å². The molecule has 0 spiro atoms. The minimum absolute atomic E-state index is 0.0955. The van der Waals surface area contributed by atoms with Crippen LogP contribution in [0.4, 0.5) is 0 Å². The molecule has 1 N–H and O–H groups in total. The van der Waals surface area contributed by atoms with Gasteiger partial charge < -0.3 is 14.6 Å². The second-order valence-corrected chi connectivity index (χ2v) is 5.31. The van der Waals surface area contributed by atoms with Gasteiger partial charge in [0.15, 0.2) is 4.67 Å². The fourth-order valence-corrected chi connectivity index (χ4v) is 1.94. The Hall–Kier alpha value is -0.810. The monoisotopic (exact) mass is 300 g/mol. The van der Waals surface area contributed by atoms with Gasteiger partial charge in [0.2, 0.25) is 5.91 Å². The Morgan fingerprint density at radius 1 is 1.59 bits per heavy atom. The van der Waals surface area contributed by atoms with E-state index in [0.29, 0.717) is 17.8 Å². The molecule has 1 aliphatic carbocycles. The predicted octanol–water partition coefficient (Wildman–Crippen LogP) is 2.00. The van der Waals surface area contributed by atoms with Crippen LogP contribution in [0.5, 0.6) is 0 Å². The van der Waals surface area contributed by atoms with Crippen molar-refractivity contribution in [3.8, 4) is 0 Å².